The number of anilines is 2. The summed E-state index contributed by atoms with van der Waals surface area (Å²) in [6.45, 7) is 0.942. The van der Waals surface area contributed by atoms with Crippen molar-refractivity contribution in [3.05, 3.63) is 53.8 Å². The molecule has 0 saturated carbocycles. The molecule has 0 spiro atoms. The van der Waals surface area contributed by atoms with Gasteiger partial charge in [-0.3, -0.25) is 19.3 Å². The maximum Gasteiger partial charge on any atom is 0.243 e. The van der Waals surface area contributed by atoms with Gasteiger partial charge in [-0.15, -0.1) is 11.8 Å². The summed E-state index contributed by atoms with van der Waals surface area (Å²) in [5.74, 6) is -6.32. The summed E-state index contributed by atoms with van der Waals surface area (Å²) in [4.78, 5) is 38.9. The molecule has 0 fully saturated rings. The average molecular weight is 469 g/mol. The number of thioether (sulfide) groups is 1. The van der Waals surface area contributed by atoms with E-state index >= 15 is 0 Å². The van der Waals surface area contributed by atoms with Crippen molar-refractivity contribution in [1.82, 2.24) is 10.2 Å². The molecule has 172 valence electrons. The van der Waals surface area contributed by atoms with Gasteiger partial charge in [0, 0.05) is 4.90 Å². The number of rotatable bonds is 9. The van der Waals surface area contributed by atoms with Gasteiger partial charge in [-0.25, -0.2) is 13.2 Å². The summed E-state index contributed by atoms with van der Waals surface area (Å²) >= 11 is 1.49. The van der Waals surface area contributed by atoms with Crippen LogP contribution in [0.2, 0.25) is 0 Å². The molecule has 0 aliphatic heterocycles. The topological polar surface area (TPSA) is 90.5 Å². The number of hydrogen-bond donors (Lipinski definition) is 3. The van der Waals surface area contributed by atoms with Gasteiger partial charge in [-0.1, -0.05) is 12.1 Å². The second-order valence-electron chi connectivity index (χ2n) is 6.83. The first-order chi connectivity index (χ1) is 15.1. The molecule has 0 aliphatic rings. The second-order valence-corrected chi connectivity index (χ2v) is 7.68. The van der Waals surface area contributed by atoms with E-state index in [9.17, 15) is 27.6 Å². The molecule has 0 saturated heterocycles. The third-order valence-corrected chi connectivity index (χ3v) is 5.34. The van der Waals surface area contributed by atoms with Gasteiger partial charge in [0.2, 0.25) is 17.7 Å². The van der Waals surface area contributed by atoms with E-state index in [0.29, 0.717) is 11.8 Å². The molecule has 2 rings (SSSR count). The van der Waals surface area contributed by atoms with Crippen LogP contribution in [0.15, 0.2) is 41.3 Å². The Kier molecular flexibility index (Phi) is 9.09. The molecular weight excluding hydrogens is 445 g/mol. The van der Waals surface area contributed by atoms with Gasteiger partial charge in [0.25, 0.3) is 0 Å². The highest BCUT2D eigenvalue weighted by Crippen LogP contribution is 2.24. The standard InChI is InChI=1S/C21H23F3N4O3S/c1-12(28(2)11-18(30)26-14-6-4-5-7-16(14)32-3)21(31)25-10-17(29)27-15-9-8-13(22)19(23)20(15)24/h4-9,12H,10-11H2,1-3H3,(H,25,31)(H,26,30)(H,27,29). The zero-order valence-electron chi connectivity index (χ0n) is 17.7. The average Bonchev–Trinajstić information content (AvgIpc) is 2.77. The number of carbonyl (C=O) groups is 3. The van der Waals surface area contributed by atoms with E-state index in [1.807, 2.05) is 18.4 Å². The minimum atomic E-state index is -1.71. The fourth-order valence-electron chi connectivity index (χ4n) is 2.63. The molecule has 2 aromatic rings. The first-order valence-corrected chi connectivity index (χ1v) is 10.7. The summed E-state index contributed by atoms with van der Waals surface area (Å²) in [6.07, 6.45) is 1.89. The monoisotopic (exact) mass is 468 g/mol. The molecule has 3 N–H and O–H groups in total. The highest BCUT2D eigenvalue weighted by molar-refractivity contribution is 7.98. The minimum absolute atomic E-state index is 0.0798. The van der Waals surface area contributed by atoms with Gasteiger partial charge in [-0.2, -0.15) is 0 Å². The SMILES string of the molecule is CSc1ccccc1NC(=O)CN(C)C(C)C(=O)NCC(=O)Nc1ccc(F)c(F)c1F. The lowest BCUT2D eigenvalue weighted by Crippen LogP contribution is -2.47. The first-order valence-electron chi connectivity index (χ1n) is 9.48. The summed E-state index contributed by atoms with van der Waals surface area (Å²) < 4.78 is 39.8. The third kappa shape index (κ3) is 6.72. The third-order valence-electron chi connectivity index (χ3n) is 4.55. The van der Waals surface area contributed by atoms with Crippen molar-refractivity contribution in [3.8, 4) is 0 Å². The predicted octanol–water partition coefficient (Wildman–Crippen LogP) is 2.84. The van der Waals surface area contributed by atoms with Gasteiger partial charge in [0.15, 0.2) is 17.5 Å². The molecular formula is C21H23F3N4O3S. The highest BCUT2D eigenvalue weighted by Gasteiger charge is 2.21. The zero-order valence-corrected chi connectivity index (χ0v) is 18.5. The fraction of sp³-hybridized carbons (Fsp3) is 0.286. The smallest absolute Gasteiger partial charge is 0.243 e. The first kappa shape index (κ1) is 25.2. The van der Waals surface area contributed by atoms with E-state index in [2.05, 4.69) is 16.0 Å². The number of nitrogens with one attached hydrogen (secondary N) is 3. The normalized spacial score (nSPS) is 11.7. The molecule has 1 unspecified atom stereocenters. The number of benzene rings is 2. The van der Waals surface area contributed by atoms with Crippen LogP contribution in [0.5, 0.6) is 0 Å². The van der Waals surface area contributed by atoms with Crippen LogP contribution in [-0.2, 0) is 14.4 Å². The Morgan fingerprint density at radius 3 is 2.31 bits per heavy atom. The number of carbonyl (C=O) groups excluding carboxylic acids is 3. The number of para-hydroxylation sites is 1. The Morgan fingerprint density at radius 1 is 0.969 bits per heavy atom. The number of halogens is 3. The maximum absolute atomic E-state index is 13.6. The fourth-order valence-corrected chi connectivity index (χ4v) is 3.19. The van der Waals surface area contributed by atoms with E-state index in [4.69, 9.17) is 0 Å². The Balaban J connectivity index is 1.84. The molecule has 32 heavy (non-hydrogen) atoms. The van der Waals surface area contributed by atoms with Gasteiger partial charge in [-0.05, 0) is 44.5 Å². The van der Waals surface area contributed by atoms with Crippen molar-refractivity contribution in [1.29, 1.82) is 0 Å². The summed E-state index contributed by atoms with van der Waals surface area (Å²) in [5, 5.41) is 7.20. The van der Waals surface area contributed by atoms with Crippen molar-refractivity contribution in [2.24, 2.45) is 0 Å². The van der Waals surface area contributed by atoms with Crippen LogP contribution >= 0.6 is 11.8 Å². The summed E-state index contributed by atoms with van der Waals surface area (Å²) in [6, 6.07) is 8.09. The molecule has 3 amide bonds. The summed E-state index contributed by atoms with van der Waals surface area (Å²) in [5.41, 5.74) is 0.118. The molecule has 0 aromatic heterocycles. The molecule has 0 aliphatic carbocycles. The lowest BCUT2D eigenvalue weighted by atomic mass is 10.2. The molecule has 1 atom stereocenters. The lowest BCUT2D eigenvalue weighted by molar-refractivity contribution is -0.128. The van der Waals surface area contributed by atoms with Crippen molar-refractivity contribution in [2.75, 3.05) is 37.0 Å². The van der Waals surface area contributed by atoms with Gasteiger partial charge >= 0.3 is 0 Å². The summed E-state index contributed by atoms with van der Waals surface area (Å²) in [7, 11) is 1.57. The number of hydrogen-bond acceptors (Lipinski definition) is 5. The molecule has 2 aromatic carbocycles. The van der Waals surface area contributed by atoms with E-state index < -0.39 is 47.5 Å². The molecule has 0 bridgehead atoms. The quantitative estimate of drug-likeness (QED) is 0.389. The predicted molar refractivity (Wildman–Crippen MR) is 117 cm³/mol. The van der Waals surface area contributed by atoms with Crippen LogP contribution in [0.25, 0.3) is 0 Å². The number of likely N-dealkylation sites (N-methyl/N-ethyl adjacent to an activating group) is 1. The van der Waals surface area contributed by atoms with E-state index in [1.54, 1.807) is 26.1 Å². The van der Waals surface area contributed by atoms with Crippen LogP contribution in [0, 0.1) is 17.5 Å². The molecule has 0 radical (unpaired) electrons. The Bertz CT molecular complexity index is 1010. The maximum atomic E-state index is 13.6. The zero-order chi connectivity index (χ0) is 23.8. The van der Waals surface area contributed by atoms with Crippen molar-refractivity contribution in [3.63, 3.8) is 0 Å². The number of nitrogens with zero attached hydrogens (tertiary/aromatic N) is 1. The Labute approximate surface area is 187 Å². The van der Waals surface area contributed by atoms with Gasteiger partial charge in [0.05, 0.1) is 30.5 Å². The van der Waals surface area contributed by atoms with Crippen LogP contribution in [0.3, 0.4) is 0 Å². The van der Waals surface area contributed by atoms with Crippen LogP contribution in [-0.4, -0.2) is 55.1 Å². The van der Waals surface area contributed by atoms with Crippen LogP contribution in [0.1, 0.15) is 6.92 Å². The molecule has 0 heterocycles. The van der Waals surface area contributed by atoms with E-state index in [0.717, 1.165) is 11.0 Å². The largest absolute Gasteiger partial charge is 0.346 e. The van der Waals surface area contributed by atoms with Crippen LogP contribution in [0.4, 0.5) is 24.5 Å². The van der Waals surface area contributed by atoms with E-state index in [-0.39, 0.29) is 12.5 Å². The minimum Gasteiger partial charge on any atom is -0.346 e. The molecule has 7 nitrogen and oxygen atoms in total. The Hall–Kier alpha value is -3.05. The molecule has 11 heteroatoms. The number of amides is 3. The Morgan fingerprint density at radius 2 is 1.62 bits per heavy atom. The van der Waals surface area contributed by atoms with Crippen molar-refractivity contribution < 1.29 is 27.6 Å². The second kappa shape index (κ2) is 11.5. The van der Waals surface area contributed by atoms with Crippen LogP contribution < -0.4 is 16.0 Å². The van der Waals surface area contributed by atoms with E-state index in [1.165, 1.54) is 16.7 Å². The van der Waals surface area contributed by atoms with Gasteiger partial charge in [0.1, 0.15) is 0 Å². The van der Waals surface area contributed by atoms with Gasteiger partial charge < -0.3 is 16.0 Å². The van der Waals surface area contributed by atoms with Crippen molar-refractivity contribution >= 4 is 40.9 Å². The highest BCUT2D eigenvalue weighted by atomic mass is 32.2. The lowest BCUT2D eigenvalue weighted by Gasteiger charge is -2.23. The van der Waals surface area contributed by atoms with Crippen molar-refractivity contribution in [2.45, 2.75) is 17.9 Å².